The van der Waals surface area contributed by atoms with E-state index < -0.39 is 0 Å². The third-order valence-electron chi connectivity index (χ3n) is 3.76. The van der Waals surface area contributed by atoms with E-state index in [2.05, 4.69) is 15.3 Å². The van der Waals surface area contributed by atoms with Crippen LogP contribution in [0.15, 0.2) is 48.8 Å². The van der Waals surface area contributed by atoms with E-state index >= 15 is 0 Å². The molecule has 0 saturated carbocycles. The number of nitrogens with two attached hydrogens (primary N) is 1. The van der Waals surface area contributed by atoms with Crippen molar-refractivity contribution in [2.24, 2.45) is 0 Å². The molecule has 4 rings (SSSR count). The summed E-state index contributed by atoms with van der Waals surface area (Å²) in [6.07, 6.45) is 1.38. The minimum absolute atomic E-state index is 0.217. The molecule has 0 radical (unpaired) electrons. The highest BCUT2D eigenvalue weighted by Crippen LogP contribution is 2.36. The Labute approximate surface area is 149 Å². The molecule has 0 unspecified atom stereocenters. The fraction of sp³-hybridized carbons (Fsp3) is 0.111. The van der Waals surface area contributed by atoms with Gasteiger partial charge in [0.1, 0.15) is 23.5 Å². The normalized spacial score (nSPS) is 11.9. The molecule has 3 N–H and O–H groups in total. The van der Waals surface area contributed by atoms with Crippen molar-refractivity contribution in [3.63, 3.8) is 0 Å². The summed E-state index contributed by atoms with van der Waals surface area (Å²) in [7, 11) is 1.60. The van der Waals surface area contributed by atoms with Gasteiger partial charge in [-0.1, -0.05) is 0 Å². The Hall–Kier alpha value is -3.68. The third-order valence-corrected chi connectivity index (χ3v) is 3.76. The summed E-state index contributed by atoms with van der Waals surface area (Å²) in [6.45, 7) is 0.217. The van der Waals surface area contributed by atoms with E-state index in [1.165, 1.54) is 6.33 Å². The van der Waals surface area contributed by atoms with Gasteiger partial charge in [-0.05, 0) is 36.4 Å². The zero-order valence-electron chi connectivity index (χ0n) is 13.9. The van der Waals surface area contributed by atoms with Gasteiger partial charge in [0, 0.05) is 11.8 Å². The average molecular weight is 352 g/mol. The maximum atomic E-state index is 6.15. The molecule has 0 spiro atoms. The summed E-state index contributed by atoms with van der Waals surface area (Å²) in [5, 5.41) is 3.13. The van der Waals surface area contributed by atoms with Gasteiger partial charge in [0.25, 0.3) is 0 Å². The first-order valence-corrected chi connectivity index (χ1v) is 7.82. The van der Waals surface area contributed by atoms with Crippen molar-refractivity contribution in [3.8, 4) is 28.9 Å². The van der Waals surface area contributed by atoms with Crippen LogP contribution in [0.1, 0.15) is 0 Å². The van der Waals surface area contributed by atoms with Crippen LogP contribution in [-0.2, 0) is 0 Å². The molecule has 0 atom stereocenters. The molecule has 0 aliphatic carbocycles. The van der Waals surface area contributed by atoms with Gasteiger partial charge >= 0.3 is 0 Å². The van der Waals surface area contributed by atoms with Crippen LogP contribution in [0.3, 0.4) is 0 Å². The number of fused-ring (bicyclic) bond motifs is 1. The van der Waals surface area contributed by atoms with Crippen molar-refractivity contribution in [2.75, 3.05) is 25.0 Å². The first-order valence-electron chi connectivity index (χ1n) is 7.82. The van der Waals surface area contributed by atoms with E-state index in [9.17, 15) is 0 Å². The minimum Gasteiger partial charge on any atom is -0.497 e. The molecule has 8 heteroatoms. The monoisotopic (exact) mass is 352 g/mol. The van der Waals surface area contributed by atoms with Crippen LogP contribution in [-0.4, -0.2) is 23.9 Å². The maximum Gasteiger partial charge on any atom is 0.248 e. The average Bonchev–Trinajstić information content (AvgIpc) is 3.13. The number of nitrogen functional groups attached to an aromatic ring is 1. The summed E-state index contributed by atoms with van der Waals surface area (Å²) < 4.78 is 21.5. The number of hydrogen-bond acceptors (Lipinski definition) is 8. The van der Waals surface area contributed by atoms with Gasteiger partial charge in [0.2, 0.25) is 12.7 Å². The maximum absolute atomic E-state index is 6.15. The van der Waals surface area contributed by atoms with Gasteiger partial charge in [-0.25, -0.2) is 4.98 Å². The number of ether oxygens (including phenoxy) is 4. The lowest BCUT2D eigenvalue weighted by molar-refractivity contribution is 0.174. The molecule has 1 aromatic heterocycles. The Bertz CT molecular complexity index is 931. The second-order valence-electron chi connectivity index (χ2n) is 5.41. The molecular formula is C18H16N4O4. The summed E-state index contributed by atoms with van der Waals surface area (Å²) >= 11 is 0. The first-order chi connectivity index (χ1) is 12.7. The summed E-state index contributed by atoms with van der Waals surface area (Å²) in [6, 6.07) is 12.6. The number of nitrogens with zero attached hydrogens (tertiary/aromatic N) is 2. The lowest BCUT2D eigenvalue weighted by atomic mass is 10.2. The highest BCUT2D eigenvalue weighted by atomic mass is 16.7. The molecule has 0 fully saturated rings. The summed E-state index contributed by atoms with van der Waals surface area (Å²) in [5.74, 6) is 3.38. The molecule has 132 valence electrons. The van der Waals surface area contributed by atoms with E-state index in [4.69, 9.17) is 24.7 Å². The van der Waals surface area contributed by atoms with Gasteiger partial charge in [0.05, 0.1) is 7.11 Å². The van der Waals surface area contributed by atoms with Crippen molar-refractivity contribution in [1.29, 1.82) is 0 Å². The molecule has 2 aromatic carbocycles. The molecular weight excluding hydrogens is 336 g/mol. The Morgan fingerprint density at radius 1 is 1.00 bits per heavy atom. The van der Waals surface area contributed by atoms with Crippen molar-refractivity contribution >= 4 is 17.2 Å². The largest absolute Gasteiger partial charge is 0.497 e. The second-order valence-corrected chi connectivity index (χ2v) is 5.41. The number of aromatic nitrogens is 2. The predicted octanol–water partition coefficient (Wildman–Crippen LogP) is 3.33. The topological polar surface area (TPSA) is 101 Å². The Morgan fingerprint density at radius 2 is 1.77 bits per heavy atom. The van der Waals surface area contributed by atoms with Gasteiger partial charge in [-0.15, -0.1) is 0 Å². The van der Waals surface area contributed by atoms with Crippen LogP contribution >= 0.6 is 0 Å². The van der Waals surface area contributed by atoms with Crippen molar-refractivity contribution < 1.29 is 18.9 Å². The molecule has 8 nitrogen and oxygen atoms in total. The van der Waals surface area contributed by atoms with E-state index in [1.54, 1.807) is 31.4 Å². The Morgan fingerprint density at radius 3 is 2.58 bits per heavy atom. The van der Waals surface area contributed by atoms with E-state index in [0.717, 1.165) is 11.4 Å². The lowest BCUT2D eigenvalue weighted by Crippen LogP contribution is -2.03. The SMILES string of the molecule is COc1ccc(Oc2ncnc(Nc3ccc4c(c3)OCO4)c2N)cc1. The standard InChI is InChI=1S/C18H16N4O4/c1-23-12-3-5-13(6-4-12)26-18-16(19)17(20-9-21-18)22-11-2-7-14-15(8-11)25-10-24-14/h2-9H,10,19H2,1H3,(H,20,21,22). The molecule has 0 saturated heterocycles. The minimum atomic E-state index is 0.217. The zero-order chi connectivity index (χ0) is 17.9. The van der Waals surface area contributed by atoms with Crippen LogP contribution in [0.2, 0.25) is 0 Å². The zero-order valence-corrected chi connectivity index (χ0v) is 13.9. The van der Waals surface area contributed by atoms with Crippen LogP contribution in [0.25, 0.3) is 0 Å². The number of rotatable bonds is 5. The van der Waals surface area contributed by atoms with E-state index in [-0.39, 0.29) is 12.7 Å². The number of benzene rings is 2. The summed E-state index contributed by atoms with van der Waals surface area (Å²) in [4.78, 5) is 8.28. The molecule has 1 aliphatic rings. The van der Waals surface area contributed by atoms with Crippen LogP contribution < -0.4 is 30.0 Å². The number of nitrogens with one attached hydrogen (secondary N) is 1. The summed E-state index contributed by atoms with van der Waals surface area (Å²) in [5.41, 5.74) is 7.21. The molecule has 3 aromatic rings. The molecule has 1 aliphatic heterocycles. The number of hydrogen-bond donors (Lipinski definition) is 2. The quantitative estimate of drug-likeness (QED) is 0.721. The highest BCUT2D eigenvalue weighted by Gasteiger charge is 2.15. The molecule has 0 amide bonds. The van der Waals surface area contributed by atoms with Gasteiger partial charge < -0.3 is 30.0 Å². The van der Waals surface area contributed by atoms with Crippen molar-refractivity contribution in [1.82, 2.24) is 9.97 Å². The van der Waals surface area contributed by atoms with E-state index in [1.807, 2.05) is 18.2 Å². The fourth-order valence-electron chi connectivity index (χ4n) is 2.43. The Kier molecular flexibility index (Phi) is 4.06. The van der Waals surface area contributed by atoms with Crippen LogP contribution in [0.5, 0.6) is 28.9 Å². The van der Waals surface area contributed by atoms with Crippen molar-refractivity contribution in [2.45, 2.75) is 0 Å². The first kappa shape index (κ1) is 15.8. The van der Waals surface area contributed by atoms with Crippen molar-refractivity contribution in [3.05, 3.63) is 48.8 Å². The lowest BCUT2D eigenvalue weighted by Gasteiger charge is -2.12. The van der Waals surface area contributed by atoms with Crippen LogP contribution in [0, 0.1) is 0 Å². The number of anilines is 3. The molecule has 2 heterocycles. The van der Waals surface area contributed by atoms with Gasteiger partial charge in [-0.2, -0.15) is 4.98 Å². The second kappa shape index (κ2) is 6.67. The van der Waals surface area contributed by atoms with E-state index in [0.29, 0.717) is 28.8 Å². The smallest absolute Gasteiger partial charge is 0.248 e. The Balaban J connectivity index is 1.55. The van der Waals surface area contributed by atoms with Gasteiger partial charge in [0.15, 0.2) is 17.3 Å². The molecule has 0 bridgehead atoms. The fourth-order valence-corrected chi connectivity index (χ4v) is 2.43. The highest BCUT2D eigenvalue weighted by molar-refractivity contribution is 5.73. The third kappa shape index (κ3) is 3.12. The van der Waals surface area contributed by atoms with Gasteiger partial charge in [-0.3, -0.25) is 0 Å². The molecule has 26 heavy (non-hydrogen) atoms. The van der Waals surface area contributed by atoms with Crippen LogP contribution in [0.4, 0.5) is 17.2 Å². The predicted molar refractivity (Wildman–Crippen MR) is 95.4 cm³/mol. The number of methoxy groups -OCH3 is 1.